The second-order valence-electron chi connectivity index (χ2n) is 14.6. The molecule has 0 bridgehead atoms. The van der Waals surface area contributed by atoms with Crippen LogP contribution in [0.3, 0.4) is 0 Å². The molecule has 2 aromatic carbocycles. The summed E-state index contributed by atoms with van der Waals surface area (Å²) in [4.78, 5) is 74.9. The van der Waals surface area contributed by atoms with E-state index in [-0.39, 0.29) is 33.9 Å². The first-order valence-electron chi connectivity index (χ1n) is 18.9. The number of piperazine rings is 2. The molecule has 0 radical (unpaired) electrons. The summed E-state index contributed by atoms with van der Waals surface area (Å²) in [5.41, 5.74) is -0.767. The molecule has 2 saturated heterocycles. The molecule has 0 amide bonds. The SMILES string of the molecule is Cn1c(=O)c2c(nc(N3CCNCC3)n2Cc2c(F)cccc2[N+](=O)[O-])n(C)c1=O.Cn1c(=O)c2c(nc(N3CCNCC3)n2Cc2ccc(S(C)(=O)=O)cc2)n(C)c1=O. The van der Waals surface area contributed by atoms with Gasteiger partial charge in [-0.25, -0.2) is 22.4 Å². The van der Waals surface area contributed by atoms with Crippen LogP contribution in [-0.2, 0) is 51.1 Å². The predicted molar refractivity (Wildman–Crippen MR) is 221 cm³/mol. The van der Waals surface area contributed by atoms with Crippen molar-refractivity contribution in [2.24, 2.45) is 28.2 Å². The van der Waals surface area contributed by atoms with Crippen molar-refractivity contribution in [1.82, 2.24) is 48.0 Å². The first-order chi connectivity index (χ1) is 28.5. The molecule has 318 valence electrons. The number of rotatable bonds is 8. The normalized spacial score (nSPS) is 14.8. The molecule has 2 aliphatic heterocycles. The van der Waals surface area contributed by atoms with E-state index in [4.69, 9.17) is 0 Å². The maximum atomic E-state index is 14.6. The Morgan fingerprint density at radius 3 is 1.58 bits per heavy atom. The molecular formula is C37H44FN13O8S. The highest BCUT2D eigenvalue weighted by Gasteiger charge is 2.28. The fourth-order valence-corrected chi connectivity index (χ4v) is 8.07. The highest BCUT2D eigenvalue weighted by molar-refractivity contribution is 7.90. The van der Waals surface area contributed by atoms with Crippen molar-refractivity contribution in [3.05, 3.63) is 111 Å². The Kier molecular flexibility index (Phi) is 11.3. The lowest BCUT2D eigenvalue weighted by molar-refractivity contribution is -0.385. The average Bonchev–Trinajstić information content (AvgIpc) is 3.81. The lowest BCUT2D eigenvalue weighted by Crippen LogP contribution is -2.44. The first kappa shape index (κ1) is 41.7. The van der Waals surface area contributed by atoms with Crippen molar-refractivity contribution in [2.45, 2.75) is 18.0 Å². The van der Waals surface area contributed by atoms with Crippen LogP contribution in [-0.4, -0.2) is 109 Å². The van der Waals surface area contributed by atoms with Gasteiger partial charge in [0.1, 0.15) is 5.82 Å². The van der Waals surface area contributed by atoms with Crippen LogP contribution in [0.15, 0.2) is 66.5 Å². The maximum absolute atomic E-state index is 14.6. The van der Waals surface area contributed by atoms with Crippen LogP contribution in [0.25, 0.3) is 22.3 Å². The van der Waals surface area contributed by atoms with Crippen LogP contribution in [0.1, 0.15) is 11.1 Å². The molecule has 21 nitrogen and oxygen atoms in total. The second kappa shape index (κ2) is 16.3. The van der Waals surface area contributed by atoms with Gasteiger partial charge in [0, 0.05) is 92.9 Å². The summed E-state index contributed by atoms with van der Waals surface area (Å²) in [6, 6.07) is 10.2. The quantitative estimate of drug-likeness (QED) is 0.142. The van der Waals surface area contributed by atoms with Gasteiger partial charge >= 0.3 is 11.4 Å². The number of halogens is 1. The van der Waals surface area contributed by atoms with Crippen molar-refractivity contribution >= 4 is 49.7 Å². The minimum atomic E-state index is -3.29. The fraction of sp³-hybridized carbons (Fsp3) is 0.405. The number of sulfone groups is 1. The van der Waals surface area contributed by atoms with Gasteiger partial charge in [-0.1, -0.05) is 18.2 Å². The Morgan fingerprint density at radius 1 is 0.700 bits per heavy atom. The number of nitrogens with zero attached hydrogens (tertiary/aromatic N) is 11. The Morgan fingerprint density at radius 2 is 1.15 bits per heavy atom. The number of nitro benzene ring substituents is 1. The van der Waals surface area contributed by atoms with Crippen molar-refractivity contribution in [1.29, 1.82) is 0 Å². The van der Waals surface area contributed by atoms with Gasteiger partial charge in [-0.05, 0) is 23.8 Å². The van der Waals surface area contributed by atoms with Crippen LogP contribution in [0, 0.1) is 15.9 Å². The Bertz CT molecular complexity index is 3010. The summed E-state index contributed by atoms with van der Waals surface area (Å²) in [6.45, 7) is 5.62. The number of hydrogen-bond donors (Lipinski definition) is 2. The van der Waals surface area contributed by atoms with Gasteiger partial charge in [-0.2, -0.15) is 9.97 Å². The standard InChI is InChI=1S/C19H24N6O4S.C18H20FN7O4/c1-22-16-15(17(26)23(2)19(22)27)25(18(21-16)24-10-8-20-9-11-24)12-13-4-6-14(7-5-13)30(3,28)29;1-22-15-14(16(27)23(2)18(22)28)25(17(21-15)24-8-6-20-7-9-24)10-11-12(19)4-3-5-13(11)26(29)30/h4-7,20H,8-12H2,1-3H3;3-5,20H,6-10H2,1-2H3. The number of anilines is 2. The zero-order chi connectivity index (χ0) is 43.2. The molecule has 8 rings (SSSR count). The van der Waals surface area contributed by atoms with E-state index >= 15 is 0 Å². The van der Waals surface area contributed by atoms with Gasteiger partial charge in [-0.15, -0.1) is 0 Å². The van der Waals surface area contributed by atoms with Crippen LogP contribution in [0.2, 0.25) is 0 Å². The van der Waals surface area contributed by atoms with E-state index < -0.39 is 43.1 Å². The van der Waals surface area contributed by atoms with Gasteiger partial charge in [0.05, 0.1) is 28.5 Å². The second-order valence-corrected chi connectivity index (χ2v) is 16.7. The number of imidazole rings is 2. The number of fused-ring (bicyclic) bond motifs is 2. The summed E-state index contributed by atoms with van der Waals surface area (Å²) in [5, 5.41) is 18.0. The molecule has 0 aliphatic carbocycles. The minimum absolute atomic E-state index is 0.0886. The lowest BCUT2D eigenvalue weighted by Gasteiger charge is -2.28. The number of nitrogens with one attached hydrogen (secondary N) is 2. The Hall–Kier alpha value is -6.46. The summed E-state index contributed by atoms with van der Waals surface area (Å²) in [6.07, 6.45) is 1.16. The molecular weight excluding hydrogens is 806 g/mol. The fourth-order valence-electron chi connectivity index (χ4n) is 7.44. The van der Waals surface area contributed by atoms with Crippen molar-refractivity contribution in [2.75, 3.05) is 68.4 Å². The van der Waals surface area contributed by atoms with Crippen LogP contribution >= 0.6 is 0 Å². The zero-order valence-electron chi connectivity index (χ0n) is 33.6. The van der Waals surface area contributed by atoms with Crippen LogP contribution in [0.4, 0.5) is 22.0 Å². The van der Waals surface area contributed by atoms with E-state index in [1.807, 2.05) is 9.47 Å². The third-order valence-corrected chi connectivity index (χ3v) is 11.9. The predicted octanol–water partition coefficient (Wildman–Crippen LogP) is -0.766. The van der Waals surface area contributed by atoms with E-state index in [9.17, 15) is 42.1 Å². The highest BCUT2D eigenvalue weighted by Crippen LogP contribution is 2.28. The summed E-state index contributed by atoms with van der Waals surface area (Å²) >= 11 is 0. The molecule has 0 saturated carbocycles. The largest absolute Gasteiger partial charge is 0.340 e. The van der Waals surface area contributed by atoms with E-state index in [0.717, 1.165) is 53.2 Å². The topological polar surface area (TPSA) is 231 Å². The van der Waals surface area contributed by atoms with Gasteiger partial charge in [0.15, 0.2) is 32.2 Å². The van der Waals surface area contributed by atoms with Crippen LogP contribution in [0.5, 0.6) is 0 Å². The summed E-state index contributed by atoms with van der Waals surface area (Å²) in [5.74, 6) is 0.235. The molecule has 2 N–H and O–H groups in total. The van der Waals surface area contributed by atoms with E-state index in [1.54, 1.807) is 31.3 Å². The molecule has 23 heteroatoms. The molecule has 0 unspecified atom stereocenters. The Balaban J connectivity index is 0.000000181. The number of benzene rings is 2. The minimum Gasteiger partial charge on any atom is -0.340 e. The average molecular weight is 850 g/mol. The number of aryl methyl sites for hydroxylation is 2. The van der Waals surface area contributed by atoms with E-state index in [1.165, 1.54) is 47.0 Å². The first-order valence-corrected chi connectivity index (χ1v) is 20.8. The van der Waals surface area contributed by atoms with Crippen molar-refractivity contribution in [3.8, 4) is 0 Å². The van der Waals surface area contributed by atoms with E-state index in [2.05, 4.69) is 25.5 Å². The van der Waals surface area contributed by atoms with Gasteiger partial charge < -0.3 is 20.4 Å². The van der Waals surface area contributed by atoms with Gasteiger partial charge in [0.2, 0.25) is 11.9 Å². The van der Waals surface area contributed by atoms with Crippen molar-refractivity contribution in [3.63, 3.8) is 0 Å². The monoisotopic (exact) mass is 849 g/mol. The maximum Gasteiger partial charge on any atom is 0.332 e. The highest BCUT2D eigenvalue weighted by atomic mass is 32.2. The third-order valence-electron chi connectivity index (χ3n) is 10.8. The number of hydrogen-bond acceptors (Lipinski definition) is 14. The number of aromatic nitrogens is 8. The molecule has 0 atom stereocenters. The molecule has 4 aromatic heterocycles. The molecule has 2 fully saturated rings. The van der Waals surface area contributed by atoms with Crippen molar-refractivity contribution < 1.29 is 17.7 Å². The third kappa shape index (κ3) is 7.61. The molecule has 60 heavy (non-hydrogen) atoms. The van der Waals surface area contributed by atoms with E-state index in [0.29, 0.717) is 55.8 Å². The number of nitro groups is 1. The smallest absolute Gasteiger partial charge is 0.332 e. The lowest BCUT2D eigenvalue weighted by atomic mass is 10.1. The van der Waals surface area contributed by atoms with Crippen LogP contribution < -0.4 is 42.9 Å². The zero-order valence-corrected chi connectivity index (χ0v) is 34.4. The molecule has 6 heterocycles. The summed E-state index contributed by atoms with van der Waals surface area (Å²) < 4.78 is 46.0. The summed E-state index contributed by atoms with van der Waals surface area (Å²) in [7, 11) is 2.60. The molecule has 2 aliphatic rings. The molecule has 6 aromatic rings. The molecule has 0 spiro atoms. The van der Waals surface area contributed by atoms with Gasteiger partial charge in [-0.3, -0.25) is 47.1 Å². The Labute approximate surface area is 340 Å². The van der Waals surface area contributed by atoms with Gasteiger partial charge in [0.25, 0.3) is 16.8 Å².